The first-order valence-electron chi connectivity index (χ1n) is 6.97. The van der Waals surface area contributed by atoms with Gasteiger partial charge in [0.1, 0.15) is 18.8 Å². The lowest BCUT2D eigenvalue weighted by Crippen LogP contribution is -2.35. The van der Waals surface area contributed by atoms with Gasteiger partial charge in [0.05, 0.1) is 5.02 Å². The molecule has 0 bridgehead atoms. The first kappa shape index (κ1) is 17.2. The summed E-state index contributed by atoms with van der Waals surface area (Å²) < 4.78 is 5.01. The van der Waals surface area contributed by atoms with Crippen molar-refractivity contribution in [2.45, 2.75) is 18.8 Å². The average Bonchev–Trinajstić information content (AvgIpc) is 2.58. The lowest BCUT2D eigenvalue weighted by atomic mass is 10.1. The SMILES string of the molecule is O=C(NCC(O)C(O)c1cncc(Cl)c1)OCc1ccccc1. The molecule has 0 saturated heterocycles. The van der Waals surface area contributed by atoms with E-state index in [0.29, 0.717) is 10.6 Å². The van der Waals surface area contributed by atoms with Gasteiger partial charge in [0.15, 0.2) is 0 Å². The predicted molar refractivity (Wildman–Crippen MR) is 84.8 cm³/mol. The molecule has 23 heavy (non-hydrogen) atoms. The number of halogens is 1. The molecule has 0 spiro atoms. The summed E-state index contributed by atoms with van der Waals surface area (Å²) in [5.74, 6) is 0. The molecule has 1 aromatic carbocycles. The Hall–Kier alpha value is -2.15. The molecule has 0 fully saturated rings. The van der Waals surface area contributed by atoms with Crippen LogP contribution in [-0.4, -0.2) is 33.9 Å². The number of alkyl carbamates (subject to hydrolysis) is 1. The van der Waals surface area contributed by atoms with E-state index in [-0.39, 0.29) is 13.2 Å². The van der Waals surface area contributed by atoms with Gasteiger partial charge in [0, 0.05) is 24.5 Å². The maximum atomic E-state index is 11.6. The Morgan fingerprint density at radius 2 is 2.00 bits per heavy atom. The van der Waals surface area contributed by atoms with Crippen LogP contribution in [0.25, 0.3) is 0 Å². The number of ether oxygens (including phenoxy) is 1. The molecule has 2 unspecified atom stereocenters. The maximum Gasteiger partial charge on any atom is 0.407 e. The molecule has 3 N–H and O–H groups in total. The van der Waals surface area contributed by atoms with Crippen LogP contribution < -0.4 is 5.32 Å². The van der Waals surface area contributed by atoms with Crippen molar-refractivity contribution in [2.24, 2.45) is 0 Å². The Kier molecular flexibility index (Phi) is 6.34. The van der Waals surface area contributed by atoms with Gasteiger partial charge in [-0.25, -0.2) is 4.79 Å². The van der Waals surface area contributed by atoms with Gasteiger partial charge in [-0.2, -0.15) is 0 Å². The summed E-state index contributed by atoms with van der Waals surface area (Å²) in [5.41, 5.74) is 1.22. The number of aliphatic hydroxyl groups is 2. The zero-order chi connectivity index (χ0) is 16.7. The molecule has 2 aromatic rings. The van der Waals surface area contributed by atoms with Gasteiger partial charge >= 0.3 is 6.09 Å². The van der Waals surface area contributed by atoms with E-state index in [0.717, 1.165) is 5.56 Å². The molecule has 7 heteroatoms. The zero-order valence-corrected chi connectivity index (χ0v) is 13.0. The largest absolute Gasteiger partial charge is 0.445 e. The summed E-state index contributed by atoms with van der Waals surface area (Å²) in [6.07, 6.45) is -0.281. The number of aromatic nitrogens is 1. The lowest BCUT2D eigenvalue weighted by molar-refractivity contribution is 0.0182. The van der Waals surface area contributed by atoms with Crippen LogP contribution in [0.1, 0.15) is 17.2 Å². The van der Waals surface area contributed by atoms with E-state index >= 15 is 0 Å². The van der Waals surface area contributed by atoms with Gasteiger partial charge in [-0.3, -0.25) is 4.98 Å². The van der Waals surface area contributed by atoms with E-state index < -0.39 is 18.3 Å². The Balaban J connectivity index is 1.77. The molecule has 1 heterocycles. The van der Waals surface area contributed by atoms with Gasteiger partial charge in [-0.05, 0) is 11.6 Å². The van der Waals surface area contributed by atoms with Crippen molar-refractivity contribution in [1.82, 2.24) is 10.3 Å². The number of rotatable bonds is 6. The van der Waals surface area contributed by atoms with Gasteiger partial charge in [-0.15, -0.1) is 0 Å². The quantitative estimate of drug-likeness (QED) is 0.751. The van der Waals surface area contributed by atoms with Gasteiger partial charge in [0.2, 0.25) is 0 Å². The van der Waals surface area contributed by atoms with Gasteiger partial charge in [-0.1, -0.05) is 41.9 Å². The van der Waals surface area contributed by atoms with E-state index in [1.165, 1.54) is 18.5 Å². The van der Waals surface area contributed by atoms with E-state index in [1.807, 2.05) is 30.3 Å². The van der Waals surface area contributed by atoms with Crippen molar-refractivity contribution in [3.8, 4) is 0 Å². The minimum atomic E-state index is -1.21. The molecular weight excluding hydrogens is 320 g/mol. The third-order valence-electron chi connectivity index (χ3n) is 3.10. The average molecular weight is 337 g/mol. The Labute approximate surface area is 138 Å². The summed E-state index contributed by atoms with van der Waals surface area (Å²) in [4.78, 5) is 15.4. The summed E-state index contributed by atoms with van der Waals surface area (Å²) in [5, 5.41) is 22.6. The van der Waals surface area contributed by atoms with Crippen LogP contribution in [0.4, 0.5) is 4.79 Å². The molecule has 0 radical (unpaired) electrons. The Morgan fingerprint density at radius 3 is 2.70 bits per heavy atom. The van der Waals surface area contributed by atoms with Crippen molar-refractivity contribution in [1.29, 1.82) is 0 Å². The highest BCUT2D eigenvalue weighted by Crippen LogP contribution is 2.18. The van der Waals surface area contributed by atoms with Crippen LogP contribution in [0, 0.1) is 0 Å². The molecule has 6 nitrogen and oxygen atoms in total. The van der Waals surface area contributed by atoms with Crippen LogP contribution in [-0.2, 0) is 11.3 Å². The molecule has 0 saturated carbocycles. The molecular formula is C16H17ClN2O4. The van der Waals surface area contributed by atoms with Crippen molar-refractivity contribution in [3.63, 3.8) is 0 Å². The van der Waals surface area contributed by atoms with Crippen molar-refractivity contribution in [3.05, 3.63) is 64.9 Å². The Bertz CT molecular complexity index is 639. The third-order valence-corrected chi connectivity index (χ3v) is 3.31. The van der Waals surface area contributed by atoms with Crippen LogP contribution in [0.5, 0.6) is 0 Å². The van der Waals surface area contributed by atoms with E-state index in [4.69, 9.17) is 16.3 Å². The topological polar surface area (TPSA) is 91.7 Å². The molecule has 2 rings (SSSR count). The molecule has 1 aromatic heterocycles. The van der Waals surface area contributed by atoms with Gasteiger partial charge < -0.3 is 20.3 Å². The fraction of sp³-hybridized carbons (Fsp3) is 0.250. The fourth-order valence-electron chi connectivity index (χ4n) is 1.89. The van der Waals surface area contributed by atoms with Crippen LogP contribution >= 0.6 is 11.6 Å². The number of aliphatic hydroxyl groups excluding tert-OH is 2. The standard InChI is InChI=1S/C16H17ClN2O4/c17-13-6-12(7-18-8-13)15(21)14(20)9-19-16(22)23-10-11-4-2-1-3-5-11/h1-8,14-15,20-21H,9-10H2,(H,19,22). The van der Waals surface area contributed by atoms with E-state index in [9.17, 15) is 15.0 Å². The number of benzene rings is 1. The predicted octanol–water partition coefficient (Wildman–Crippen LogP) is 2.06. The second-order valence-corrected chi connectivity index (χ2v) is 5.33. The lowest BCUT2D eigenvalue weighted by Gasteiger charge is -2.18. The normalized spacial score (nSPS) is 13.2. The van der Waals surface area contributed by atoms with Crippen LogP contribution in [0.2, 0.25) is 5.02 Å². The molecule has 0 aliphatic rings. The first-order valence-corrected chi connectivity index (χ1v) is 7.35. The van der Waals surface area contributed by atoms with Crippen LogP contribution in [0.15, 0.2) is 48.8 Å². The minimum absolute atomic E-state index is 0.129. The Morgan fingerprint density at radius 1 is 1.26 bits per heavy atom. The number of nitrogens with one attached hydrogen (secondary N) is 1. The highest BCUT2D eigenvalue weighted by atomic mass is 35.5. The van der Waals surface area contributed by atoms with E-state index in [2.05, 4.69) is 10.3 Å². The van der Waals surface area contributed by atoms with Crippen molar-refractivity contribution >= 4 is 17.7 Å². The van der Waals surface area contributed by atoms with Gasteiger partial charge in [0.25, 0.3) is 0 Å². The number of hydrogen-bond acceptors (Lipinski definition) is 5. The highest BCUT2D eigenvalue weighted by Gasteiger charge is 2.20. The number of carbonyl (C=O) groups excluding carboxylic acids is 1. The first-order chi connectivity index (χ1) is 11.1. The third kappa shape index (κ3) is 5.52. The number of hydrogen-bond donors (Lipinski definition) is 3. The smallest absolute Gasteiger partial charge is 0.407 e. The van der Waals surface area contributed by atoms with Crippen molar-refractivity contribution in [2.75, 3.05) is 6.54 Å². The number of pyridine rings is 1. The number of amides is 1. The van der Waals surface area contributed by atoms with E-state index in [1.54, 1.807) is 0 Å². The zero-order valence-electron chi connectivity index (χ0n) is 12.2. The minimum Gasteiger partial charge on any atom is -0.445 e. The maximum absolute atomic E-state index is 11.6. The molecule has 2 atom stereocenters. The van der Waals surface area contributed by atoms with Crippen LogP contribution in [0.3, 0.4) is 0 Å². The summed E-state index contributed by atoms with van der Waals surface area (Å²) in [6, 6.07) is 10.7. The summed E-state index contributed by atoms with van der Waals surface area (Å²) >= 11 is 5.78. The summed E-state index contributed by atoms with van der Waals surface area (Å²) in [6.45, 7) is -0.0369. The summed E-state index contributed by atoms with van der Waals surface area (Å²) in [7, 11) is 0. The molecule has 1 amide bonds. The number of nitrogens with zero attached hydrogens (tertiary/aromatic N) is 1. The second-order valence-electron chi connectivity index (χ2n) is 4.89. The second kappa shape index (κ2) is 8.47. The molecule has 0 aliphatic carbocycles. The van der Waals surface area contributed by atoms with Crippen molar-refractivity contribution < 1.29 is 19.7 Å². The molecule has 0 aliphatic heterocycles. The number of carbonyl (C=O) groups is 1. The highest BCUT2D eigenvalue weighted by molar-refractivity contribution is 6.30. The fourth-order valence-corrected chi connectivity index (χ4v) is 2.07. The molecule has 122 valence electrons. The monoisotopic (exact) mass is 336 g/mol.